The summed E-state index contributed by atoms with van der Waals surface area (Å²) < 4.78 is 1.83. The number of piperidine rings is 2. The van der Waals surface area contributed by atoms with Crippen LogP contribution in [-0.4, -0.2) is 46.1 Å². The molecule has 2 aliphatic heterocycles. The fraction of sp³-hybridized carbons (Fsp3) is 0.419. The lowest BCUT2D eigenvalue weighted by Crippen LogP contribution is -2.56. The molecule has 37 heavy (non-hydrogen) atoms. The monoisotopic (exact) mass is 498 g/mol. The van der Waals surface area contributed by atoms with Crippen LogP contribution in [0.2, 0.25) is 0 Å². The van der Waals surface area contributed by atoms with Gasteiger partial charge in [-0.2, -0.15) is 0 Å². The molecular weight excluding hydrogens is 460 g/mol. The van der Waals surface area contributed by atoms with Gasteiger partial charge in [-0.25, -0.2) is 4.79 Å². The van der Waals surface area contributed by atoms with E-state index in [1.807, 2.05) is 75.2 Å². The summed E-state index contributed by atoms with van der Waals surface area (Å²) in [6.07, 6.45) is 4.41. The number of nitrogens with two attached hydrogens (primary N) is 1. The highest BCUT2D eigenvalue weighted by atomic mass is 16.2. The Morgan fingerprint density at radius 3 is 2.32 bits per heavy atom. The van der Waals surface area contributed by atoms with Gasteiger partial charge >= 0.3 is 6.03 Å². The fourth-order valence-electron chi connectivity index (χ4n) is 6.00. The number of aromatic nitrogens is 1. The molecule has 194 valence electrons. The maximum atomic E-state index is 13.8. The average Bonchev–Trinajstić information content (AvgIpc) is 2.91. The molecular formula is C31H38N4O2. The molecule has 0 radical (unpaired) electrons. The molecule has 0 unspecified atom stereocenters. The van der Waals surface area contributed by atoms with Crippen LogP contribution in [0.1, 0.15) is 44.7 Å². The molecule has 3 atom stereocenters. The van der Waals surface area contributed by atoms with E-state index in [2.05, 4.69) is 26.0 Å². The first kappa shape index (κ1) is 25.3. The van der Waals surface area contributed by atoms with Crippen LogP contribution in [0.25, 0.3) is 11.1 Å². The molecule has 2 fully saturated rings. The van der Waals surface area contributed by atoms with Crippen molar-refractivity contribution >= 4 is 6.03 Å². The van der Waals surface area contributed by atoms with Crippen molar-refractivity contribution in [3.63, 3.8) is 0 Å². The topological polar surface area (TPSA) is 71.6 Å². The zero-order chi connectivity index (χ0) is 26.0. The molecule has 0 aliphatic carbocycles. The molecule has 2 aliphatic rings. The highest BCUT2D eigenvalue weighted by molar-refractivity contribution is 5.75. The number of nitrogens with zero attached hydrogens (tertiary/aromatic N) is 3. The number of amides is 2. The van der Waals surface area contributed by atoms with Crippen molar-refractivity contribution in [2.24, 2.45) is 17.1 Å². The molecule has 0 spiro atoms. The summed E-state index contributed by atoms with van der Waals surface area (Å²) in [5, 5.41) is 0. The van der Waals surface area contributed by atoms with E-state index in [0.29, 0.717) is 32.1 Å². The van der Waals surface area contributed by atoms with Gasteiger partial charge in [-0.3, -0.25) is 4.79 Å². The molecule has 2 saturated heterocycles. The average molecular weight is 499 g/mol. The fourth-order valence-corrected chi connectivity index (χ4v) is 6.00. The number of benzene rings is 2. The Morgan fingerprint density at radius 1 is 0.946 bits per heavy atom. The van der Waals surface area contributed by atoms with E-state index >= 15 is 0 Å². The number of hydrogen-bond acceptors (Lipinski definition) is 3. The smallest absolute Gasteiger partial charge is 0.320 e. The summed E-state index contributed by atoms with van der Waals surface area (Å²) in [5.74, 6) is 0.302. The van der Waals surface area contributed by atoms with Crippen molar-refractivity contribution in [1.29, 1.82) is 0 Å². The van der Waals surface area contributed by atoms with Crippen molar-refractivity contribution in [3.8, 4) is 11.1 Å². The van der Waals surface area contributed by atoms with Crippen LogP contribution in [0.3, 0.4) is 0 Å². The van der Waals surface area contributed by atoms with E-state index in [4.69, 9.17) is 5.73 Å². The summed E-state index contributed by atoms with van der Waals surface area (Å²) in [6.45, 7) is 7.17. The zero-order valence-corrected chi connectivity index (χ0v) is 21.9. The minimum absolute atomic E-state index is 0.0139. The van der Waals surface area contributed by atoms with Crippen LogP contribution >= 0.6 is 0 Å². The summed E-state index contributed by atoms with van der Waals surface area (Å²) >= 11 is 0. The molecule has 2 N–H and O–H groups in total. The van der Waals surface area contributed by atoms with Crippen LogP contribution < -0.4 is 11.3 Å². The third-order valence-corrected chi connectivity index (χ3v) is 8.31. The van der Waals surface area contributed by atoms with Gasteiger partial charge in [-0.1, -0.05) is 74.5 Å². The van der Waals surface area contributed by atoms with Crippen LogP contribution in [-0.2, 0) is 6.54 Å². The maximum Gasteiger partial charge on any atom is 0.320 e. The standard InChI is InChI=1S/C31H38N4O2/c1-31(2)22-34(30(37)35-18-15-27(32)20-28(35)24-11-7-4-8-12-24)17-14-26(31)21-33-16-13-25(19-29(33)36)23-9-5-3-6-10-23/h3-13,16,19,26-28H,14-15,17-18,20-22,32H2,1-2H3/t26-,27+,28-/m0/s1. The number of carbonyl (C=O) groups excluding carboxylic acids is 1. The Morgan fingerprint density at radius 2 is 1.65 bits per heavy atom. The second-order valence-corrected chi connectivity index (χ2v) is 11.4. The maximum absolute atomic E-state index is 13.8. The quantitative estimate of drug-likeness (QED) is 0.541. The highest BCUT2D eigenvalue weighted by Gasteiger charge is 2.41. The van der Waals surface area contributed by atoms with Gasteiger partial charge in [-0.05, 0) is 53.4 Å². The molecule has 6 nitrogen and oxygen atoms in total. The molecule has 5 rings (SSSR count). The van der Waals surface area contributed by atoms with Gasteiger partial charge < -0.3 is 20.1 Å². The Balaban J connectivity index is 1.28. The Bertz CT molecular complexity index is 1270. The first-order chi connectivity index (χ1) is 17.8. The Hall–Kier alpha value is -3.38. The van der Waals surface area contributed by atoms with Crippen molar-refractivity contribution in [3.05, 3.63) is 94.9 Å². The first-order valence-corrected chi connectivity index (χ1v) is 13.4. The van der Waals surface area contributed by atoms with Crippen LogP contribution in [0.15, 0.2) is 83.8 Å². The Kier molecular flexibility index (Phi) is 7.20. The first-order valence-electron chi connectivity index (χ1n) is 13.4. The molecule has 3 aromatic rings. The number of rotatable bonds is 4. The van der Waals surface area contributed by atoms with Crippen molar-refractivity contribution in [1.82, 2.24) is 14.4 Å². The minimum atomic E-state index is -0.111. The van der Waals surface area contributed by atoms with Gasteiger partial charge in [0.05, 0.1) is 6.04 Å². The van der Waals surface area contributed by atoms with Crippen molar-refractivity contribution in [2.75, 3.05) is 19.6 Å². The molecule has 1 aromatic heterocycles. The number of pyridine rings is 1. The van der Waals surface area contributed by atoms with Gasteiger partial charge in [0.2, 0.25) is 0 Å². The molecule has 0 saturated carbocycles. The SMILES string of the molecule is CC1(C)CN(C(=O)N2CC[C@@H](N)C[C@H]2c2ccccc2)CC[C@H]1Cn1ccc(-c2ccccc2)cc1=O. The largest absolute Gasteiger partial charge is 0.328 e. The van der Waals surface area contributed by atoms with E-state index < -0.39 is 0 Å². The van der Waals surface area contributed by atoms with Gasteiger partial charge in [0.1, 0.15) is 0 Å². The van der Waals surface area contributed by atoms with E-state index in [0.717, 1.165) is 36.0 Å². The van der Waals surface area contributed by atoms with Crippen molar-refractivity contribution < 1.29 is 4.79 Å². The van der Waals surface area contributed by atoms with Crippen LogP contribution in [0.4, 0.5) is 4.79 Å². The summed E-state index contributed by atoms with van der Waals surface area (Å²) in [4.78, 5) is 30.8. The van der Waals surface area contributed by atoms with Crippen LogP contribution in [0.5, 0.6) is 0 Å². The second-order valence-electron chi connectivity index (χ2n) is 11.4. The predicted octanol–water partition coefficient (Wildman–Crippen LogP) is 5.15. The van der Waals surface area contributed by atoms with E-state index in [1.165, 1.54) is 0 Å². The number of carbonyl (C=O) groups is 1. The van der Waals surface area contributed by atoms with E-state index in [-0.39, 0.29) is 29.1 Å². The lowest BCUT2D eigenvalue weighted by Gasteiger charge is -2.48. The lowest BCUT2D eigenvalue weighted by atomic mass is 9.73. The lowest BCUT2D eigenvalue weighted by molar-refractivity contribution is 0.0392. The molecule has 6 heteroatoms. The van der Waals surface area contributed by atoms with Crippen LogP contribution in [0, 0.1) is 11.3 Å². The van der Waals surface area contributed by atoms with Gasteiger partial charge in [-0.15, -0.1) is 0 Å². The minimum Gasteiger partial charge on any atom is -0.328 e. The van der Waals surface area contributed by atoms with Crippen molar-refractivity contribution in [2.45, 2.75) is 51.7 Å². The predicted molar refractivity (Wildman–Crippen MR) is 148 cm³/mol. The summed E-state index contributed by atoms with van der Waals surface area (Å²) in [6, 6.07) is 24.2. The number of likely N-dealkylation sites (tertiary alicyclic amines) is 2. The summed E-state index contributed by atoms with van der Waals surface area (Å²) in [5.41, 5.74) is 9.36. The molecule has 0 bridgehead atoms. The summed E-state index contributed by atoms with van der Waals surface area (Å²) in [7, 11) is 0. The number of urea groups is 1. The second kappa shape index (κ2) is 10.5. The molecule has 3 heterocycles. The third kappa shape index (κ3) is 5.49. The molecule has 2 amide bonds. The van der Waals surface area contributed by atoms with Gasteiger partial charge in [0.25, 0.3) is 5.56 Å². The highest BCUT2D eigenvalue weighted by Crippen LogP contribution is 2.38. The zero-order valence-electron chi connectivity index (χ0n) is 21.9. The van der Waals surface area contributed by atoms with Gasteiger partial charge in [0, 0.05) is 44.5 Å². The Labute approximate surface area is 219 Å². The normalized spacial score (nSPS) is 23.6. The van der Waals surface area contributed by atoms with Gasteiger partial charge in [0.15, 0.2) is 0 Å². The van der Waals surface area contributed by atoms with E-state index in [9.17, 15) is 9.59 Å². The third-order valence-electron chi connectivity index (χ3n) is 8.31. The number of hydrogen-bond donors (Lipinski definition) is 1. The molecule has 2 aromatic carbocycles. The van der Waals surface area contributed by atoms with E-state index in [1.54, 1.807) is 6.07 Å².